The normalized spacial score (nSPS) is 26.2. The zero-order chi connectivity index (χ0) is 4.78. The van der Waals surface area contributed by atoms with Gasteiger partial charge in [0, 0.05) is 6.08 Å². The first-order chi connectivity index (χ1) is 2.63. The van der Waals surface area contributed by atoms with Crippen molar-refractivity contribution >= 4 is 34.8 Å². The third-order valence-electron chi connectivity index (χ3n) is 0.480. The maximum Gasteiger partial charge on any atom is 0.180 e. The molecular weight excluding hydrogens is 142 g/mol. The van der Waals surface area contributed by atoms with Crippen LogP contribution >= 0.6 is 34.8 Å². The van der Waals surface area contributed by atoms with Crippen molar-refractivity contribution in [3.05, 3.63) is 11.1 Å². The number of halogens is 3. The molecule has 0 aliphatic heterocycles. The van der Waals surface area contributed by atoms with E-state index in [1.165, 1.54) is 0 Å². The van der Waals surface area contributed by atoms with Crippen LogP contribution in [0.5, 0.6) is 0 Å². The lowest BCUT2D eigenvalue weighted by Crippen LogP contribution is -1.82. The molecule has 0 aromatic heterocycles. The molecule has 0 fully saturated rings. The summed E-state index contributed by atoms with van der Waals surface area (Å²) in [5.74, 6) is 0. The van der Waals surface area contributed by atoms with Crippen molar-refractivity contribution < 1.29 is 0 Å². The summed E-state index contributed by atoms with van der Waals surface area (Å²) in [7, 11) is 0. The standard InChI is InChI=1S/C3Cl3/c4-2-1-3(2,5)6. The van der Waals surface area contributed by atoms with Crippen molar-refractivity contribution in [3.63, 3.8) is 0 Å². The minimum absolute atomic E-state index is 0.408. The fourth-order valence-corrected chi connectivity index (χ4v) is 0.534. The molecule has 1 rings (SSSR count). The second kappa shape index (κ2) is 1.06. The van der Waals surface area contributed by atoms with Crippen LogP contribution in [-0.4, -0.2) is 4.33 Å². The van der Waals surface area contributed by atoms with Gasteiger partial charge in [-0.3, -0.25) is 0 Å². The second-order valence-electron chi connectivity index (χ2n) is 1.01. The van der Waals surface area contributed by atoms with Gasteiger partial charge >= 0.3 is 0 Å². The van der Waals surface area contributed by atoms with Gasteiger partial charge in [0.05, 0.1) is 5.03 Å². The highest BCUT2D eigenvalue weighted by molar-refractivity contribution is 6.61. The predicted octanol–water partition coefficient (Wildman–Crippen LogP) is 2.10. The van der Waals surface area contributed by atoms with Crippen molar-refractivity contribution in [3.8, 4) is 0 Å². The van der Waals surface area contributed by atoms with Crippen molar-refractivity contribution in [2.45, 2.75) is 4.33 Å². The number of rotatable bonds is 0. The first-order valence-corrected chi connectivity index (χ1v) is 2.45. The lowest BCUT2D eigenvalue weighted by Gasteiger charge is -1.85. The van der Waals surface area contributed by atoms with Crippen LogP contribution in [0.3, 0.4) is 0 Å². The Morgan fingerprint density at radius 3 is 1.67 bits per heavy atom. The Bertz CT molecular complexity index is 103. The van der Waals surface area contributed by atoms with Gasteiger partial charge in [-0.2, -0.15) is 0 Å². The van der Waals surface area contributed by atoms with Gasteiger partial charge in [-0.1, -0.05) is 34.8 Å². The molecule has 0 atom stereocenters. The Labute approximate surface area is 50.7 Å². The van der Waals surface area contributed by atoms with Crippen LogP contribution in [-0.2, 0) is 0 Å². The van der Waals surface area contributed by atoms with Crippen molar-refractivity contribution in [1.82, 2.24) is 0 Å². The number of allylic oxidation sites excluding steroid dienone is 2. The van der Waals surface area contributed by atoms with Gasteiger partial charge in [0.2, 0.25) is 0 Å². The molecule has 0 bridgehead atoms. The molecule has 1 aliphatic carbocycles. The van der Waals surface area contributed by atoms with E-state index < -0.39 is 4.33 Å². The Balaban J connectivity index is 2.53. The summed E-state index contributed by atoms with van der Waals surface area (Å²) in [5, 5.41) is 0.408. The van der Waals surface area contributed by atoms with Crippen LogP contribution in [0.1, 0.15) is 0 Å². The van der Waals surface area contributed by atoms with Gasteiger partial charge in [-0.15, -0.1) is 0 Å². The van der Waals surface area contributed by atoms with Crippen molar-refractivity contribution in [1.29, 1.82) is 0 Å². The van der Waals surface area contributed by atoms with Crippen molar-refractivity contribution in [2.24, 2.45) is 0 Å². The third-order valence-corrected chi connectivity index (χ3v) is 1.62. The van der Waals surface area contributed by atoms with Gasteiger partial charge in [-0.25, -0.2) is 0 Å². The number of alkyl halides is 2. The minimum atomic E-state index is -0.915. The summed E-state index contributed by atoms with van der Waals surface area (Å²) in [6.07, 6.45) is 2.48. The zero-order valence-corrected chi connectivity index (χ0v) is 4.90. The van der Waals surface area contributed by atoms with Gasteiger partial charge in [0.1, 0.15) is 0 Å². The van der Waals surface area contributed by atoms with E-state index in [0.29, 0.717) is 5.03 Å². The van der Waals surface area contributed by atoms with Crippen molar-refractivity contribution in [2.75, 3.05) is 0 Å². The molecule has 33 valence electrons. The fourth-order valence-electron chi connectivity index (χ4n) is 0.107. The van der Waals surface area contributed by atoms with E-state index in [-0.39, 0.29) is 0 Å². The number of hydrogen-bond donors (Lipinski definition) is 0. The van der Waals surface area contributed by atoms with E-state index in [0.717, 1.165) is 0 Å². The van der Waals surface area contributed by atoms with Gasteiger partial charge in [0.25, 0.3) is 0 Å². The van der Waals surface area contributed by atoms with E-state index in [2.05, 4.69) is 6.08 Å². The van der Waals surface area contributed by atoms with Crippen LogP contribution < -0.4 is 0 Å². The van der Waals surface area contributed by atoms with Gasteiger partial charge < -0.3 is 0 Å². The summed E-state index contributed by atoms with van der Waals surface area (Å²) in [5.41, 5.74) is 0. The molecule has 6 heavy (non-hydrogen) atoms. The van der Waals surface area contributed by atoms with E-state index >= 15 is 0 Å². The van der Waals surface area contributed by atoms with Gasteiger partial charge in [0.15, 0.2) is 4.33 Å². The summed E-state index contributed by atoms with van der Waals surface area (Å²) in [6, 6.07) is 0. The molecule has 0 spiro atoms. The fraction of sp³-hybridized carbons (Fsp3) is 0.333. The smallest absolute Gasteiger partial charge is 0.0898 e. The molecule has 0 saturated carbocycles. The van der Waals surface area contributed by atoms with Crippen LogP contribution in [0, 0.1) is 6.08 Å². The molecule has 0 unspecified atom stereocenters. The molecule has 3 heteroatoms. The van der Waals surface area contributed by atoms with Crippen LogP contribution in [0.15, 0.2) is 5.03 Å². The largest absolute Gasteiger partial charge is 0.180 e. The summed E-state index contributed by atoms with van der Waals surface area (Å²) in [4.78, 5) is 0. The topological polar surface area (TPSA) is 0 Å². The molecule has 0 aromatic carbocycles. The Kier molecular flexibility index (Phi) is 0.840. The Morgan fingerprint density at radius 1 is 1.50 bits per heavy atom. The van der Waals surface area contributed by atoms with E-state index in [9.17, 15) is 0 Å². The first kappa shape index (κ1) is 4.76. The Hall–Kier alpha value is 0.610. The zero-order valence-electron chi connectivity index (χ0n) is 2.63. The Morgan fingerprint density at radius 2 is 1.67 bits per heavy atom. The monoisotopic (exact) mass is 141 g/mol. The molecule has 1 aliphatic rings. The molecule has 0 nitrogen and oxygen atoms in total. The highest BCUT2D eigenvalue weighted by Gasteiger charge is 2.39. The molecule has 0 heterocycles. The molecule has 0 amide bonds. The SMILES string of the molecule is ClC1=[C]C1(Cl)Cl. The lowest BCUT2D eigenvalue weighted by atomic mass is 10.8. The van der Waals surface area contributed by atoms with Crippen LogP contribution in [0.2, 0.25) is 0 Å². The highest BCUT2D eigenvalue weighted by atomic mass is 35.5. The average Bonchev–Trinajstić information content (AvgIpc) is 1.73. The first-order valence-electron chi connectivity index (χ1n) is 1.32. The van der Waals surface area contributed by atoms with Gasteiger partial charge in [-0.05, 0) is 0 Å². The molecule has 0 N–H and O–H groups in total. The summed E-state index contributed by atoms with van der Waals surface area (Å²) in [6.45, 7) is 0. The predicted molar refractivity (Wildman–Crippen MR) is 27.0 cm³/mol. The molecule has 0 saturated heterocycles. The molecule has 1 radical (unpaired) electrons. The van der Waals surface area contributed by atoms with Crippen LogP contribution in [0.25, 0.3) is 0 Å². The summed E-state index contributed by atoms with van der Waals surface area (Å²) >= 11 is 15.8. The lowest BCUT2D eigenvalue weighted by molar-refractivity contribution is 1.47. The second-order valence-corrected chi connectivity index (χ2v) is 2.72. The van der Waals surface area contributed by atoms with E-state index in [1.807, 2.05) is 0 Å². The maximum atomic E-state index is 5.28. The summed E-state index contributed by atoms with van der Waals surface area (Å²) < 4.78 is -0.915. The average molecular weight is 142 g/mol. The molecular formula is C3Cl3. The number of hydrogen-bond acceptors (Lipinski definition) is 0. The molecule has 0 aromatic rings. The third kappa shape index (κ3) is 0.651. The minimum Gasteiger partial charge on any atom is -0.0898 e. The highest BCUT2D eigenvalue weighted by Crippen LogP contribution is 2.46. The van der Waals surface area contributed by atoms with Crippen LogP contribution in [0.4, 0.5) is 0 Å². The van der Waals surface area contributed by atoms with E-state index in [4.69, 9.17) is 34.8 Å². The van der Waals surface area contributed by atoms with E-state index in [1.54, 1.807) is 0 Å². The quantitative estimate of drug-likeness (QED) is 0.454. The maximum absolute atomic E-state index is 5.28.